The van der Waals surface area contributed by atoms with Crippen molar-refractivity contribution in [2.24, 2.45) is 16.6 Å². The molecule has 0 spiro atoms. The number of piperidine rings is 1. The van der Waals surface area contributed by atoms with Gasteiger partial charge in [0.15, 0.2) is 0 Å². The molecule has 2 aromatic rings. The summed E-state index contributed by atoms with van der Waals surface area (Å²) in [7, 11) is 2.88. The Morgan fingerprint density at radius 3 is 2.00 bits per heavy atom. The topological polar surface area (TPSA) is 123 Å². The van der Waals surface area contributed by atoms with Crippen molar-refractivity contribution in [3.63, 3.8) is 0 Å². The molecule has 1 aromatic heterocycles. The Morgan fingerprint density at radius 1 is 0.980 bits per heavy atom. The monoisotopic (exact) mass is 698 g/mol. The number of ether oxygens (including phenoxy) is 2. The van der Waals surface area contributed by atoms with E-state index in [1.807, 2.05) is 0 Å². The first kappa shape index (κ1) is 37.4. The highest BCUT2D eigenvalue weighted by Gasteiger charge is 2.41. The fraction of sp³-hybridized carbons (Fsp3) is 0.545. The molecule has 268 valence electrons. The molecule has 1 unspecified atom stereocenters. The zero-order chi connectivity index (χ0) is 36.1. The lowest BCUT2D eigenvalue weighted by Gasteiger charge is -2.46. The van der Waals surface area contributed by atoms with Gasteiger partial charge in [0.1, 0.15) is 6.10 Å². The molecule has 2 fully saturated rings. The molecular formula is C33H40F6N6O4. The number of rotatable bonds is 8. The fourth-order valence-corrected chi connectivity index (χ4v) is 6.59. The second-order valence-corrected chi connectivity index (χ2v) is 12.4. The van der Waals surface area contributed by atoms with Crippen LogP contribution in [0.3, 0.4) is 0 Å². The molecule has 16 heteroatoms. The molecule has 3 atom stereocenters. The summed E-state index contributed by atoms with van der Waals surface area (Å²) in [6.07, 6.45) is -2.60. The number of nitrogens with two attached hydrogens (primary N) is 1. The number of anilines is 1. The lowest BCUT2D eigenvalue weighted by molar-refractivity contribution is -0.147. The van der Waals surface area contributed by atoms with Crippen LogP contribution in [0.15, 0.2) is 41.8 Å². The van der Waals surface area contributed by atoms with Crippen molar-refractivity contribution in [1.29, 1.82) is 0 Å². The van der Waals surface area contributed by atoms with E-state index in [1.54, 1.807) is 30.7 Å². The molecule has 1 aromatic carbocycles. The molecule has 1 saturated heterocycles. The maximum absolute atomic E-state index is 13.7. The zero-order valence-corrected chi connectivity index (χ0v) is 27.6. The molecule has 0 radical (unpaired) electrons. The van der Waals surface area contributed by atoms with Crippen molar-refractivity contribution >= 4 is 29.8 Å². The van der Waals surface area contributed by atoms with Crippen LogP contribution in [0.25, 0.3) is 5.57 Å². The van der Waals surface area contributed by atoms with E-state index in [2.05, 4.69) is 15.0 Å². The number of carbonyl (C=O) groups is 2. The first-order chi connectivity index (χ1) is 23.0. The first-order valence-electron chi connectivity index (χ1n) is 15.8. The van der Waals surface area contributed by atoms with Crippen molar-refractivity contribution < 1.29 is 45.4 Å². The number of likely N-dealkylation sites (tertiary alicyclic amines) is 1. The Kier molecular flexibility index (Phi) is 11.8. The summed E-state index contributed by atoms with van der Waals surface area (Å²) in [5.74, 6) is -0.456. The number of methoxy groups -OCH3 is 1. The maximum atomic E-state index is 13.7. The van der Waals surface area contributed by atoms with Gasteiger partial charge < -0.3 is 25.0 Å². The highest BCUT2D eigenvalue weighted by molar-refractivity contribution is 6.09. The highest BCUT2D eigenvalue weighted by atomic mass is 19.4. The SMILES string of the molecule is CN=CC(=CN)c1cnc(N(Cc2cc(C(F)(F)F)cc(C(F)(F)F)c2)C2C[C@@H](C)N(C(=O)OC3CCC(C(=O)OC)CC3)[C@@H](C)C2)nc1. The van der Waals surface area contributed by atoms with Crippen LogP contribution in [0.1, 0.15) is 74.6 Å². The molecule has 1 aliphatic heterocycles. The first-order valence-corrected chi connectivity index (χ1v) is 15.8. The molecule has 1 aliphatic carbocycles. The van der Waals surface area contributed by atoms with Crippen molar-refractivity contribution in [3.8, 4) is 0 Å². The molecule has 1 amide bonds. The largest absolute Gasteiger partial charge is 0.469 e. The van der Waals surface area contributed by atoms with E-state index in [9.17, 15) is 35.9 Å². The van der Waals surface area contributed by atoms with Crippen LogP contribution in [-0.2, 0) is 33.2 Å². The predicted molar refractivity (Wildman–Crippen MR) is 169 cm³/mol. The Bertz CT molecular complexity index is 1480. The van der Waals surface area contributed by atoms with Crippen LogP contribution in [-0.4, -0.2) is 71.5 Å². The number of esters is 1. The van der Waals surface area contributed by atoms with Gasteiger partial charge in [0, 0.05) is 67.7 Å². The average Bonchev–Trinajstić information content (AvgIpc) is 3.05. The van der Waals surface area contributed by atoms with Gasteiger partial charge in [-0.3, -0.25) is 9.79 Å². The van der Waals surface area contributed by atoms with Gasteiger partial charge in [-0.15, -0.1) is 0 Å². The van der Waals surface area contributed by atoms with Gasteiger partial charge in [0.25, 0.3) is 0 Å². The predicted octanol–water partition coefficient (Wildman–Crippen LogP) is 6.63. The number of amides is 1. The van der Waals surface area contributed by atoms with E-state index in [4.69, 9.17) is 15.2 Å². The minimum absolute atomic E-state index is 0.0716. The van der Waals surface area contributed by atoms with Crippen LogP contribution >= 0.6 is 0 Å². The van der Waals surface area contributed by atoms with Crippen LogP contribution in [0.2, 0.25) is 0 Å². The summed E-state index contributed by atoms with van der Waals surface area (Å²) in [5, 5.41) is 0. The number of aromatic nitrogens is 2. The van der Waals surface area contributed by atoms with Crippen molar-refractivity contribution in [1.82, 2.24) is 14.9 Å². The number of carbonyl (C=O) groups excluding carboxylic acids is 2. The Labute approximate surface area is 280 Å². The van der Waals surface area contributed by atoms with Gasteiger partial charge in [-0.2, -0.15) is 26.3 Å². The molecular weight excluding hydrogens is 658 g/mol. The lowest BCUT2D eigenvalue weighted by Crippen LogP contribution is -2.56. The summed E-state index contributed by atoms with van der Waals surface area (Å²) in [6, 6.07) is 0.144. The van der Waals surface area contributed by atoms with E-state index in [0.29, 0.717) is 61.8 Å². The Balaban J connectivity index is 1.61. The Hall–Kier alpha value is -4.37. The third kappa shape index (κ3) is 9.21. The normalized spacial score (nSPS) is 23.8. The van der Waals surface area contributed by atoms with Crippen LogP contribution in [0, 0.1) is 5.92 Å². The number of halogens is 6. The minimum atomic E-state index is -5.02. The van der Waals surface area contributed by atoms with Crippen molar-refractivity contribution in [3.05, 3.63) is 59.0 Å². The van der Waals surface area contributed by atoms with Crippen LogP contribution in [0.4, 0.5) is 37.1 Å². The molecule has 0 bridgehead atoms. The summed E-state index contributed by atoms with van der Waals surface area (Å²) < 4.78 is 93.0. The van der Waals surface area contributed by atoms with Crippen LogP contribution < -0.4 is 10.6 Å². The van der Waals surface area contributed by atoms with Crippen LogP contribution in [0.5, 0.6) is 0 Å². The standard InChI is InChI=1S/C33H40F6N6O4/c1-19-9-27(10-20(2)45(19)31(47)49-28-7-5-22(6-8-28)29(46)48-4)44(30-42-16-24(17-43-30)23(14-40)15-41-3)18-21-11-25(32(34,35)36)13-26(12-21)33(37,38)39/h11-17,19-20,22,27-28H,5-10,18,40H2,1-4H3/t19-,20+,22?,27?,28?. The number of benzene rings is 1. The number of aliphatic imine (C=N–C) groups is 1. The minimum Gasteiger partial charge on any atom is -0.469 e. The van der Waals surface area contributed by atoms with Crippen molar-refractivity contribution in [2.45, 2.75) is 95.5 Å². The lowest BCUT2D eigenvalue weighted by atomic mass is 9.87. The molecule has 2 aliphatic rings. The quantitative estimate of drug-likeness (QED) is 0.185. The van der Waals surface area contributed by atoms with Gasteiger partial charge in [-0.1, -0.05) is 0 Å². The maximum Gasteiger partial charge on any atom is 0.416 e. The smallest absolute Gasteiger partial charge is 0.416 e. The number of alkyl halides is 6. The number of nitrogens with zero attached hydrogens (tertiary/aromatic N) is 5. The van der Waals surface area contributed by atoms with Gasteiger partial charge in [-0.05, 0) is 76.1 Å². The molecule has 49 heavy (non-hydrogen) atoms. The fourth-order valence-electron chi connectivity index (χ4n) is 6.59. The second-order valence-electron chi connectivity index (χ2n) is 12.4. The Morgan fingerprint density at radius 2 is 1.53 bits per heavy atom. The average molecular weight is 699 g/mol. The molecule has 4 rings (SSSR count). The van der Waals surface area contributed by atoms with Gasteiger partial charge in [0.2, 0.25) is 5.95 Å². The van der Waals surface area contributed by atoms with E-state index < -0.39 is 47.7 Å². The molecule has 2 heterocycles. The third-order valence-electron chi connectivity index (χ3n) is 8.98. The molecule has 1 saturated carbocycles. The summed E-state index contributed by atoms with van der Waals surface area (Å²) in [5.41, 5.74) is 3.60. The molecule has 2 N–H and O–H groups in total. The zero-order valence-electron chi connectivity index (χ0n) is 27.6. The summed E-state index contributed by atoms with van der Waals surface area (Å²) in [6.45, 7) is 3.23. The number of hydrogen-bond donors (Lipinski definition) is 1. The van der Waals surface area contributed by atoms with Gasteiger partial charge in [-0.25, -0.2) is 14.8 Å². The van der Waals surface area contributed by atoms with Crippen molar-refractivity contribution in [2.75, 3.05) is 19.1 Å². The summed E-state index contributed by atoms with van der Waals surface area (Å²) >= 11 is 0. The number of allylic oxidation sites excluding steroid dienone is 1. The third-order valence-corrected chi connectivity index (χ3v) is 8.98. The van der Waals surface area contributed by atoms with Gasteiger partial charge >= 0.3 is 24.4 Å². The highest BCUT2D eigenvalue weighted by Crippen LogP contribution is 2.38. The van der Waals surface area contributed by atoms with E-state index in [1.165, 1.54) is 31.9 Å². The second kappa shape index (κ2) is 15.5. The van der Waals surface area contributed by atoms with Gasteiger partial charge in [0.05, 0.1) is 24.2 Å². The van der Waals surface area contributed by atoms with E-state index >= 15 is 0 Å². The van der Waals surface area contributed by atoms with E-state index in [-0.39, 0.29) is 42.1 Å². The number of hydrogen-bond acceptors (Lipinski definition) is 9. The molecule has 10 nitrogen and oxygen atoms in total. The summed E-state index contributed by atoms with van der Waals surface area (Å²) in [4.78, 5) is 41.2. The van der Waals surface area contributed by atoms with E-state index in [0.717, 1.165) is 0 Å².